The summed E-state index contributed by atoms with van der Waals surface area (Å²) in [4.78, 5) is 24.2. The number of carbonyl (C=O) groups excluding carboxylic acids is 1. The molecule has 1 aliphatic rings. The van der Waals surface area contributed by atoms with Gasteiger partial charge in [-0.05, 0) is 37.1 Å². The highest BCUT2D eigenvalue weighted by Gasteiger charge is 2.31. The molecule has 0 saturated carbocycles. The van der Waals surface area contributed by atoms with Crippen molar-refractivity contribution in [3.8, 4) is 0 Å². The average molecular weight is 376 g/mol. The smallest absolute Gasteiger partial charge is 0.224 e. The number of aryl methyl sites for hydroxylation is 1. The number of rotatable bonds is 4. The van der Waals surface area contributed by atoms with Crippen molar-refractivity contribution in [2.75, 3.05) is 6.54 Å². The third-order valence-electron chi connectivity index (χ3n) is 5.26. The quantitative estimate of drug-likeness (QED) is 0.530. The number of fused-ring (bicyclic) bond motifs is 2. The van der Waals surface area contributed by atoms with Crippen molar-refractivity contribution in [3.05, 3.63) is 59.9 Å². The highest BCUT2D eigenvalue weighted by molar-refractivity contribution is 7.18. The van der Waals surface area contributed by atoms with Gasteiger partial charge in [0.2, 0.25) is 5.91 Å². The number of benzene rings is 2. The number of imidazole rings is 1. The SMILES string of the molecule is O=C(CCn1cnc2ccccc21)N1CCC[C@H]1c1nc2ccccc2s1. The van der Waals surface area contributed by atoms with Gasteiger partial charge >= 0.3 is 0 Å². The number of para-hydroxylation sites is 3. The van der Waals surface area contributed by atoms with E-state index in [1.54, 1.807) is 11.3 Å². The molecular weight excluding hydrogens is 356 g/mol. The highest BCUT2D eigenvalue weighted by Crippen LogP contribution is 2.36. The maximum atomic E-state index is 12.9. The first-order valence-electron chi connectivity index (χ1n) is 9.34. The zero-order valence-corrected chi connectivity index (χ0v) is 15.7. The molecule has 3 heterocycles. The van der Waals surface area contributed by atoms with E-state index in [0.717, 1.165) is 40.9 Å². The van der Waals surface area contributed by atoms with Crippen molar-refractivity contribution in [3.63, 3.8) is 0 Å². The van der Waals surface area contributed by atoms with Gasteiger partial charge in [0.1, 0.15) is 5.01 Å². The molecule has 1 saturated heterocycles. The lowest BCUT2D eigenvalue weighted by Crippen LogP contribution is -2.31. The predicted octanol–water partition coefficient (Wildman–Crippen LogP) is 4.40. The number of nitrogens with zero attached hydrogens (tertiary/aromatic N) is 4. The first-order valence-corrected chi connectivity index (χ1v) is 10.2. The molecule has 5 nitrogen and oxygen atoms in total. The molecule has 0 radical (unpaired) electrons. The van der Waals surface area contributed by atoms with E-state index in [1.165, 1.54) is 4.70 Å². The van der Waals surface area contributed by atoms with Gasteiger partial charge in [0.05, 0.1) is 33.6 Å². The summed E-state index contributed by atoms with van der Waals surface area (Å²) in [6.45, 7) is 1.48. The molecule has 0 aliphatic carbocycles. The summed E-state index contributed by atoms with van der Waals surface area (Å²) in [5.41, 5.74) is 3.08. The number of thiazole rings is 1. The largest absolute Gasteiger partial charge is 0.333 e. The van der Waals surface area contributed by atoms with Crippen molar-refractivity contribution in [2.45, 2.75) is 31.8 Å². The minimum Gasteiger partial charge on any atom is -0.333 e. The molecule has 136 valence electrons. The maximum absolute atomic E-state index is 12.9. The van der Waals surface area contributed by atoms with Crippen LogP contribution in [0.5, 0.6) is 0 Å². The third kappa shape index (κ3) is 3.00. The summed E-state index contributed by atoms with van der Waals surface area (Å²) in [6.07, 6.45) is 4.36. The molecular formula is C21H20N4OS. The fourth-order valence-corrected chi connectivity index (χ4v) is 5.02. The van der Waals surface area contributed by atoms with Gasteiger partial charge in [-0.15, -0.1) is 11.3 Å². The fraction of sp³-hybridized carbons (Fsp3) is 0.286. The normalized spacial score (nSPS) is 17.2. The number of aromatic nitrogens is 3. The first-order chi connectivity index (χ1) is 13.3. The molecule has 1 atom stereocenters. The summed E-state index contributed by atoms with van der Waals surface area (Å²) in [5.74, 6) is 0.203. The Labute approximate surface area is 161 Å². The van der Waals surface area contributed by atoms with Crippen LogP contribution in [0.1, 0.15) is 30.3 Å². The molecule has 0 bridgehead atoms. The van der Waals surface area contributed by atoms with Crippen LogP contribution >= 0.6 is 11.3 Å². The van der Waals surface area contributed by atoms with Crippen LogP contribution in [0.4, 0.5) is 0 Å². The third-order valence-corrected chi connectivity index (χ3v) is 6.40. The van der Waals surface area contributed by atoms with Gasteiger partial charge in [0.15, 0.2) is 0 Å². The van der Waals surface area contributed by atoms with Crippen molar-refractivity contribution in [1.82, 2.24) is 19.4 Å². The van der Waals surface area contributed by atoms with Gasteiger partial charge in [-0.3, -0.25) is 4.79 Å². The lowest BCUT2D eigenvalue weighted by molar-refractivity contribution is -0.132. The second-order valence-corrected chi connectivity index (χ2v) is 8.00. The van der Waals surface area contributed by atoms with Gasteiger partial charge < -0.3 is 9.47 Å². The number of carbonyl (C=O) groups is 1. The molecule has 2 aromatic heterocycles. The Balaban J connectivity index is 1.33. The summed E-state index contributed by atoms with van der Waals surface area (Å²) in [6, 6.07) is 16.3. The minimum atomic E-state index is 0.120. The monoisotopic (exact) mass is 376 g/mol. The molecule has 1 amide bonds. The fourth-order valence-electron chi connectivity index (χ4n) is 3.90. The molecule has 1 fully saturated rings. The van der Waals surface area contributed by atoms with E-state index in [9.17, 15) is 4.79 Å². The second-order valence-electron chi connectivity index (χ2n) is 6.94. The first kappa shape index (κ1) is 16.4. The van der Waals surface area contributed by atoms with E-state index < -0.39 is 0 Å². The Morgan fingerprint density at radius 3 is 2.81 bits per heavy atom. The molecule has 6 heteroatoms. The summed E-state index contributed by atoms with van der Waals surface area (Å²) in [7, 11) is 0. The van der Waals surface area contributed by atoms with Crippen LogP contribution in [0.15, 0.2) is 54.9 Å². The molecule has 27 heavy (non-hydrogen) atoms. The topological polar surface area (TPSA) is 51.0 Å². The molecule has 5 rings (SSSR count). The summed E-state index contributed by atoms with van der Waals surface area (Å²) in [5, 5.41) is 1.06. The standard InChI is InChI=1S/C21H20N4OS/c26-20(11-13-24-14-22-15-6-1-3-8-17(15)24)25-12-5-9-18(25)21-23-16-7-2-4-10-19(16)27-21/h1-4,6-8,10,14,18H,5,9,11-13H2/t18-/m0/s1. The molecule has 1 aliphatic heterocycles. The Bertz CT molecular complexity index is 1080. The van der Waals surface area contributed by atoms with Crippen molar-refractivity contribution < 1.29 is 4.79 Å². The van der Waals surface area contributed by atoms with Gasteiger partial charge in [-0.25, -0.2) is 9.97 Å². The van der Waals surface area contributed by atoms with E-state index in [-0.39, 0.29) is 11.9 Å². The van der Waals surface area contributed by atoms with Crippen LogP contribution in [-0.4, -0.2) is 31.9 Å². The predicted molar refractivity (Wildman–Crippen MR) is 108 cm³/mol. The van der Waals surface area contributed by atoms with Crippen LogP contribution in [0.25, 0.3) is 21.3 Å². The highest BCUT2D eigenvalue weighted by atomic mass is 32.1. The van der Waals surface area contributed by atoms with Gasteiger partial charge in [0.25, 0.3) is 0 Å². The average Bonchev–Trinajstić information content (AvgIpc) is 3.43. The molecule has 0 spiro atoms. The minimum absolute atomic E-state index is 0.120. The van der Waals surface area contributed by atoms with Gasteiger partial charge in [0, 0.05) is 19.5 Å². The number of likely N-dealkylation sites (tertiary alicyclic amines) is 1. The van der Waals surface area contributed by atoms with Crippen LogP contribution < -0.4 is 0 Å². The number of hydrogen-bond donors (Lipinski definition) is 0. The lowest BCUT2D eigenvalue weighted by atomic mass is 10.2. The van der Waals surface area contributed by atoms with Crippen LogP contribution in [0.3, 0.4) is 0 Å². The molecule has 4 aromatic rings. The van der Waals surface area contributed by atoms with Crippen LogP contribution in [0, 0.1) is 0 Å². The maximum Gasteiger partial charge on any atom is 0.224 e. The van der Waals surface area contributed by atoms with Gasteiger partial charge in [-0.2, -0.15) is 0 Å². The van der Waals surface area contributed by atoms with Gasteiger partial charge in [-0.1, -0.05) is 24.3 Å². The summed E-state index contributed by atoms with van der Waals surface area (Å²) >= 11 is 1.71. The second kappa shape index (κ2) is 6.78. The number of hydrogen-bond acceptors (Lipinski definition) is 4. The van der Waals surface area contributed by atoms with E-state index in [4.69, 9.17) is 4.98 Å². The molecule has 0 unspecified atom stereocenters. The van der Waals surface area contributed by atoms with Crippen molar-refractivity contribution in [1.29, 1.82) is 0 Å². The molecule has 2 aromatic carbocycles. The van der Waals surface area contributed by atoms with E-state index >= 15 is 0 Å². The van der Waals surface area contributed by atoms with E-state index in [2.05, 4.69) is 15.6 Å². The van der Waals surface area contributed by atoms with Crippen molar-refractivity contribution in [2.24, 2.45) is 0 Å². The molecule has 0 N–H and O–H groups in total. The van der Waals surface area contributed by atoms with E-state index in [1.807, 2.05) is 53.7 Å². The van der Waals surface area contributed by atoms with Crippen molar-refractivity contribution >= 4 is 38.5 Å². The Morgan fingerprint density at radius 1 is 1.11 bits per heavy atom. The Kier molecular flexibility index (Phi) is 4.13. The van der Waals surface area contributed by atoms with E-state index in [0.29, 0.717) is 13.0 Å². The Hall–Kier alpha value is -2.73. The Morgan fingerprint density at radius 2 is 1.93 bits per heavy atom. The zero-order chi connectivity index (χ0) is 18.2. The summed E-state index contributed by atoms with van der Waals surface area (Å²) < 4.78 is 3.26. The lowest BCUT2D eigenvalue weighted by Gasteiger charge is -2.23. The van der Waals surface area contributed by atoms with Crippen LogP contribution in [0.2, 0.25) is 0 Å². The van der Waals surface area contributed by atoms with Crippen LogP contribution in [-0.2, 0) is 11.3 Å². The number of amides is 1. The zero-order valence-electron chi connectivity index (χ0n) is 14.9.